The van der Waals surface area contributed by atoms with Crippen LogP contribution in [0.15, 0.2) is 71.5 Å². The minimum atomic E-state index is -5.09. The Kier molecular flexibility index (Phi) is 6.73. The van der Waals surface area contributed by atoms with Gasteiger partial charge in [-0.3, -0.25) is 4.79 Å². The Labute approximate surface area is 209 Å². The van der Waals surface area contributed by atoms with Crippen LogP contribution in [-0.4, -0.2) is 51.4 Å². The van der Waals surface area contributed by atoms with E-state index in [0.29, 0.717) is 17.5 Å². The van der Waals surface area contributed by atoms with Gasteiger partial charge in [0.2, 0.25) is 5.95 Å². The predicted molar refractivity (Wildman–Crippen MR) is 127 cm³/mol. The summed E-state index contributed by atoms with van der Waals surface area (Å²) in [7, 11) is -4.53. The lowest BCUT2D eigenvalue weighted by Gasteiger charge is -2.21. The van der Waals surface area contributed by atoms with Crippen LogP contribution in [-0.2, 0) is 14.8 Å². The molecule has 14 heteroatoms. The van der Waals surface area contributed by atoms with Crippen molar-refractivity contribution in [2.75, 3.05) is 5.32 Å². The average Bonchev–Trinajstić information content (AvgIpc) is 3.22. The number of nitrogens with one attached hydrogen (secondary N) is 2. The number of alkyl halides is 3. The first kappa shape index (κ1) is 26.2. The molecule has 1 aliphatic rings. The van der Waals surface area contributed by atoms with E-state index in [1.807, 2.05) is 0 Å². The summed E-state index contributed by atoms with van der Waals surface area (Å²) in [5.74, 6) is -1.42. The predicted octanol–water partition coefficient (Wildman–Crippen LogP) is 3.08. The maximum absolute atomic E-state index is 13.3. The van der Waals surface area contributed by atoms with Gasteiger partial charge < -0.3 is 20.5 Å². The molecule has 196 valence electrons. The number of allylic oxidation sites excluding steroid dienone is 1. The van der Waals surface area contributed by atoms with Crippen molar-refractivity contribution in [3.8, 4) is 5.75 Å². The number of carbonyl (C=O) groups excluding carboxylic acids is 1. The number of nitrogens with zero attached hydrogens (tertiary/aromatic N) is 3. The number of halogens is 3. The normalized spacial score (nSPS) is 16.4. The van der Waals surface area contributed by atoms with Crippen molar-refractivity contribution >= 4 is 32.9 Å². The summed E-state index contributed by atoms with van der Waals surface area (Å²) in [5.41, 5.74) is -1.21. The first-order valence-corrected chi connectivity index (χ1v) is 12.3. The summed E-state index contributed by atoms with van der Waals surface area (Å²) in [6.45, 7) is 2.70. The Hall–Kier alpha value is -3.91. The van der Waals surface area contributed by atoms with Crippen molar-refractivity contribution in [3.05, 3.63) is 66.7 Å². The van der Waals surface area contributed by atoms with Gasteiger partial charge in [-0.2, -0.15) is 4.98 Å². The van der Waals surface area contributed by atoms with E-state index in [4.69, 9.17) is 0 Å². The summed E-state index contributed by atoms with van der Waals surface area (Å²) in [4.78, 5) is 19.8. The number of amides is 1. The van der Waals surface area contributed by atoms with Crippen molar-refractivity contribution in [1.82, 2.24) is 19.3 Å². The van der Waals surface area contributed by atoms with Crippen LogP contribution in [0.1, 0.15) is 20.3 Å². The minimum Gasteiger partial charge on any atom is -0.404 e. The molecule has 10 nitrogen and oxygen atoms in total. The van der Waals surface area contributed by atoms with Gasteiger partial charge in [0.25, 0.3) is 15.9 Å². The molecule has 3 aromatic rings. The zero-order chi connectivity index (χ0) is 27.0. The van der Waals surface area contributed by atoms with Gasteiger partial charge in [-0.1, -0.05) is 18.2 Å². The van der Waals surface area contributed by atoms with Crippen LogP contribution in [0.25, 0.3) is 11.0 Å². The third-order valence-corrected chi connectivity index (χ3v) is 6.91. The molecule has 2 heterocycles. The van der Waals surface area contributed by atoms with E-state index in [-0.39, 0.29) is 17.6 Å². The topological polar surface area (TPSA) is 135 Å². The highest BCUT2D eigenvalue weighted by Gasteiger charge is 2.34. The van der Waals surface area contributed by atoms with E-state index in [2.05, 4.69) is 25.3 Å². The summed E-state index contributed by atoms with van der Waals surface area (Å²) in [5, 5.41) is 15.8. The van der Waals surface area contributed by atoms with Gasteiger partial charge in [0.05, 0.1) is 6.04 Å². The van der Waals surface area contributed by atoms with Gasteiger partial charge in [-0.15, -0.1) is 13.2 Å². The third kappa shape index (κ3) is 5.91. The molecule has 1 amide bonds. The SMILES string of the molecule is CC(C)(O)C(=O)NC1=CC(Nc2ncc3ccn(S(=O)(=O)c4ccccc4OC(F)(F)F)c3n2)CC=C1. The highest BCUT2D eigenvalue weighted by molar-refractivity contribution is 7.90. The Bertz CT molecular complexity index is 1510. The van der Waals surface area contributed by atoms with E-state index >= 15 is 0 Å². The summed E-state index contributed by atoms with van der Waals surface area (Å²) in [6, 6.07) is 5.44. The molecule has 1 unspecified atom stereocenters. The average molecular weight is 538 g/mol. The van der Waals surface area contributed by atoms with Crippen molar-refractivity contribution in [1.29, 1.82) is 0 Å². The summed E-state index contributed by atoms with van der Waals surface area (Å²) in [6.07, 6.45) is 3.06. The number of para-hydroxylation sites is 1. The first-order valence-electron chi connectivity index (χ1n) is 10.9. The number of anilines is 1. The van der Waals surface area contributed by atoms with Crippen molar-refractivity contribution in [2.45, 2.75) is 43.2 Å². The fourth-order valence-corrected chi connectivity index (χ4v) is 4.87. The van der Waals surface area contributed by atoms with Crippen LogP contribution in [0.4, 0.5) is 19.1 Å². The first-order chi connectivity index (χ1) is 17.2. The molecular formula is C23H22F3N5O5S. The fourth-order valence-electron chi connectivity index (χ4n) is 3.45. The van der Waals surface area contributed by atoms with Gasteiger partial charge in [0.1, 0.15) is 16.2 Å². The molecule has 37 heavy (non-hydrogen) atoms. The number of ether oxygens (including phenoxy) is 1. The molecule has 0 fully saturated rings. The molecule has 0 spiro atoms. The third-order valence-electron chi connectivity index (χ3n) is 5.20. The molecule has 4 rings (SSSR count). The van der Waals surface area contributed by atoms with E-state index in [9.17, 15) is 31.5 Å². The van der Waals surface area contributed by atoms with Gasteiger partial charge in [-0.05, 0) is 50.6 Å². The second-order valence-electron chi connectivity index (χ2n) is 8.61. The zero-order valence-electron chi connectivity index (χ0n) is 19.5. The van der Waals surface area contributed by atoms with Crippen molar-refractivity contribution in [3.63, 3.8) is 0 Å². The Morgan fingerprint density at radius 3 is 2.65 bits per heavy atom. The molecule has 2 aromatic heterocycles. The van der Waals surface area contributed by atoms with Crippen LogP contribution >= 0.6 is 0 Å². The lowest BCUT2D eigenvalue weighted by atomic mass is 10.1. The highest BCUT2D eigenvalue weighted by Crippen LogP contribution is 2.32. The molecule has 0 saturated carbocycles. The van der Waals surface area contributed by atoms with Crippen molar-refractivity contribution in [2.24, 2.45) is 0 Å². The van der Waals surface area contributed by atoms with E-state index in [0.717, 1.165) is 22.3 Å². The van der Waals surface area contributed by atoms with Gasteiger partial charge in [-0.25, -0.2) is 17.4 Å². The molecule has 0 aliphatic heterocycles. The van der Waals surface area contributed by atoms with Crippen LogP contribution in [0, 0.1) is 0 Å². The van der Waals surface area contributed by atoms with Gasteiger partial charge in [0.15, 0.2) is 5.65 Å². The van der Waals surface area contributed by atoms with Crippen LogP contribution < -0.4 is 15.4 Å². The summed E-state index contributed by atoms with van der Waals surface area (Å²) < 4.78 is 69.8. The van der Waals surface area contributed by atoms with E-state index < -0.39 is 38.5 Å². The van der Waals surface area contributed by atoms with Crippen LogP contribution in [0.3, 0.4) is 0 Å². The number of aliphatic hydroxyl groups is 1. The highest BCUT2D eigenvalue weighted by atomic mass is 32.2. The quantitative estimate of drug-likeness (QED) is 0.419. The standard InChI is InChI=1S/C23H22F3N5O5S/c1-22(2,33)20(32)28-15-6-5-7-16(12-15)29-21-27-13-14-10-11-31(19(14)30-21)37(34,35)18-9-4-3-8-17(18)36-23(24,25)26/h3-6,8-13,16,33H,7H2,1-2H3,(H,28,32)(H,27,29,30). The van der Waals surface area contributed by atoms with Crippen LogP contribution in [0.5, 0.6) is 5.75 Å². The number of aromatic nitrogens is 3. The molecular weight excluding hydrogens is 515 g/mol. The second-order valence-corrected chi connectivity index (χ2v) is 10.4. The van der Waals surface area contributed by atoms with Gasteiger partial charge >= 0.3 is 6.36 Å². The molecule has 0 bridgehead atoms. The maximum atomic E-state index is 13.3. The smallest absolute Gasteiger partial charge is 0.404 e. The van der Waals surface area contributed by atoms with Crippen molar-refractivity contribution < 1.29 is 36.2 Å². The Morgan fingerprint density at radius 1 is 1.22 bits per heavy atom. The molecule has 0 radical (unpaired) electrons. The molecule has 0 saturated heterocycles. The monoisotopic (exact) mass is 537 g/mol. The minimum absolute atomic E-state index is 0.0483. The molecule has 1 aromatic carbocycles. The molecule has 3 N–H and O–H groups in total. The largest absolute Gasteiger partial charge is 0.573 e. The summed E-state index contributed by atoms with van der Waals surface area (Å²) >= 11 is 0. The van der Waals surface area contributed by atoms with Crippen LogP contribution in [0.2, 0.25) is 0 Å². The zero-order valence-corrected chi connectivity index (χ0v) is 20.3. The fraction of sp³-hybridized carbons (Fsp3) is 0.261. The number of fused-ring (bicyclic) bond motifs is 1. The Morgan fingerprint density at radius 2 is 1.95 bits per heavy atom. The number of rotatable bonds is 7. The number of benzene rings is 1. The number of hydrogen-bond acceptors (Lipinski definition) is 8. The Balaban J connectivity index is 1.63. The van der Waals surface area contributed by atoms with Gasteiger partial charge in [0, 0.05) is 23.5 Å². The molecule has 1 aliphatic carbocycles. The number of carbonyl (C=O) groups is 1. The number of hydrogen-bond donors (Lipinski definition) is 3. The maximum Gasteiger partial charge on any atom is 0.573 e. The lowest BCUT2D eigenvalue weighted by molar-refractivity contribution is -0.275. The second kappa shape index (κ2) is 9.52. The lowest BCUT2D eigenvalue weighted by Crippen LogP contribution is -2.41. The molecule has 1 atom stereocenters. The van der Waals surface area contributed by atoms with E-state index in [1.54, 1.807) is 18.2 Å². The van der Waals surface area contributed by atoms with E-state index in [1.165, 1.54) is 38.2 Å².